The molecule has 308 valence electrons. The Morgan fingerprint density at radius 3 is 1.20 bits per heavy atom. The number of hydrogen-bond donors (Lipinski definition) is 8. The van der Waals surface area contributed by atoms with Crippen molar-refractivity contribution in [1.82, 2.24) is 21.3 Å². The Morgan fingerprint density at radius 2 is 0.857 bits per heavy atom. The Morgan fingerprint density at radius 1 is 0.482 bits per heavy atom. The number of primary amides is 2. The van der Waals surface area contributed by atoms with Crippen LogP contribution in [-0.4, -0.2) is 72.7 Å². The lowest BCUT2D eigenvalue weighted by molar-refractivity contribution is -0.131. The van der Waals surface area contributed by atoms with Crippen LogP contribution >= 0.6 is 0 Å². The number of rotatable bonds is 30. The highest BCUT2D eigenvalue weighted by Gasteiger charge is 2.27. The van der Waals surface area contributed by atoms with E-state index in [1.54, 1.807) is 0 Å². The van der Waals surface area contributed by atoms with Crippen LogP contribution in [0.2, 0.25) is 0 Å². The number of nitrogens with one attached hydrogen (secondary N) is 4. The SMILES string of the molecule is NCCCC[C@H](NC(=O)[C@H](Cc1ccccc1)NC(=O)CCCC/C=C/CCCCC(=O)N[C@@H](Cc1ccccc1)C(=O)N[C@@H](CCCCN)C(N)=O)C(N)=O. The Labute approximate surface area is 331 Å². The van der Waals surface area contributed by atoms with Crippen LogP contribution in [0.3, 0.4) is 0 Å². The Bertz CT molecular complexity index is 1400. The molecule has 0 aliphatic heterocycles. The van der Waals surface area contributed by atoms with Crippen LogP contribution in [0, 0.1) is 0 Å². The fourth-order valence-corrected chi connectivity index (χ4v) is 6.08. The van der Waals surface area contributed by atoms with Gasteiger partial charge in [-0.25, -0.2) is 0 Å². The van der Waals surface area contributed by atoms with Gasteiger partial charge in [0, 0.05) is 25.7 Å². The van der Waals surface area contributed by atoms with Crippen molar-refractivity contribution >= 4 is 35.4 Å². The summed E-state index contributed by atoms with van der Waals surface area (Å²) < 4.78 is 0. The van der Waals surface area contributed by atoms with Crippen molar-refractivity contribution in [1.29, 1.82) is 0 Å². The standard InChI is InChI=1S/C42H64N8O6/c43-27-17-15-23-33(39(45)53)49-41(55)35(29-31-19-9-7-10-20-31)47-37(51)25-13-5-3-1-2-4-6-14-26-38(52)48-36(30-32-21-11-8-12-22-32)42(56)50-34(40(46)54)24-16-18-28-44/h1-2,7-12,19-22,33-36H,3-6,13-18,23-30,43-44H2,(H2,45,53)(H2,46,54)(H,47,51)(H,48,52)(H,49,55)(H,50,56)/b2-1+/t33-,34-,35-,36-/m0/s1. The summed E-state index contributed by atoms with van der Waals surface area (Å²) in [6, 6.07) is 15.3. The molecule has 2 aromatic rings. The number of hydrogen-bond acceptors (Lipinski definition) is 8. The molecule has 14 heteroatoms. The molecule has 0 aliphatic rings. The monoisotopic (exact) mass is 776 g/mol. The molecule has 0 saturated heterocycles. The summed E-state index contributed by atoms with van der Waals surface area (Å²) in [4.78, 5) is 76.1. The predicted molar refractivity (Wildman–Crippen MR) is 218 cm³/mol. The van der Waals surface area contributed by atoms with Crippen molar-refractivity contribution in [3.05, 3.63) is 83.9 Å². The Hall–Kier alpha value is -5.08. The molecule has 0 spiro atoms. The highest BCUT2D eigenvalue weighted by molar-refractivity contribution is 5.92. The van der Waals surface area contributed by atoms with Crippen molar-refractivity contribution in [2.45, 2.75) is 127 Å². The van der Waals surface area contributed by atoms with E-state index in [1.165, 1.54) is 0 Å². The summed E-state index contributed by atoms with van der Waals surface area (Å²) in [5.41, 5.74) is 23.9. The van der Waals surface area contributed by atoms with Gasteiger partial charge in [0.15, 0.2) is 0 Å². The second-order valence-electron chi connectivity index (χ2n) is 14.1. The summed E-state index contributed by atoms with van der Waals surface area (Å²) in [6.45, 7) is 0.950. The normalized spacial score (nSPS) is 13.2. The topological polar surface area (TPSA) is 255 Å². The third-order valence-electron chi connectivity index (χ3n) is 9.30. The number of nitrogens with two attached hydrogens (primary N) is 4. The minimum atomic E-state index is -0.860. The van der Waals surface area contributed by atoms with E-state index in [4.69, 9.17) is 22.9 Å². The molecule has 0 fully saturated rings. The van der Waals surface area contributed by atoms with E-state index < -0.39 is 47.8 Å². The third-order valence-corrected chi connectivity index (χ3v) is 9.30. The maximum Gasteiger partial charge on any atom is 0.243 e. The molecule has 0 radical (unpaired) electrons. The van der Waals surface area contributed by atoms with Gasteiger partial charge in [0.1, 0.15) is 24.2 Å². The van der Waals surface area contributed by atoms with Crippen molar-refractivity contribution in [2.75, 3.05) is 13.1 Å². The number of carbonyl (C=O) groups is 6. The van der Waals surface area contributed by atoms with Gasteiger partial charge in [-0.3, -0.25) is 28.8 Å². The molecule has 6 amide bonds. The van der Waals surface area contributed by atoms with E-state index >= 15 is 0 Å². The zero-order valence-electron chi connectivity index (χ0n) is 32.7. The average molecular weight is 777 g/mol. The summed E-state index contributed by atoms with van der Waals surface area (Å²) >= 11 is 0. The molecule has 4 atom stereocenters. The van der Waals surface area contributed by atoms with Gasteiger partial charge >= 0.3 is 0 Å². The van der Waals surface area contributed by atoms with Crippen molar-refractivity contribution in [2.24, 2.45) is 22.9 Å². The van der Waals surface area contributed by atoms with Crippen LogP contribution in [0.5, 0.6) is 0 Å². The zero-order valence-corrected chi connectivity index (χ0v) is 32.7. The van der Waals surface area contributed by atoms with Gasteiger partial charge in [-0.05, 0) is 101 Å². The minimum absolute atomic E-state index is 0.248. The van der Waals surface area contributed by atoms with Crippen LogP contribution in [0.1, 0.15) is 101 Å². The predicted octanol–water partition coefficient (Wildman–Crippen LogP) is 2.32. The first-order valence-electron chi connectivity index (χ1n) is 19.9. The summed E-state index contributed by atoms with van der Waals surface area (Å²) in [7, 11) is 0. The van der Waals surface area contributed by atoms with Gasteiger partial charge < -0.3 is 44.2 Å². The molecule has 12 N–H and O–H groups in total. The Kier molecular flexibility index (Phi) is 23.8. The second kappa shape index (κ2) is 28.3. The van der Waals surface area contributed by atoms with Crippen molar-refractivity contribution < 1.29 is 28.8 Å². The fraction of sp³-hybridized carbons (Fsp3) is 0.524. The Balaban J connectivity index is 1.76. The van der Waals surface area contributed by atoms with Crippen LogP contribution < -0.4 is 44.2 Å². The highest BCUT2D eigenvalue weighted by atomic mass is 16.2. The first kappa shape index (κ1) is 47.1. The summed E-state index contributed by atoms with van der Waals surface area (Å²) in [6.07, 6.45) is 13.0. The van der Waals surface area contributed by atoms with E-state index in [0.29, 0.717) is 64.5 Å². The lowest BCUT2D eigenvalue weighted by Crippen LogP contribution is -2.53. The molecular weight excluding hydrogens is 713 g/mol. The lowest BCUT2D eigenvalue weighted by atomic mass is 10.0. The fourth-order valence-electron chi connectivity index (χ4n) is 6.08. The number of allylic oxidation sites excluding steroid dienone is 2. The molecule has 0 heterocycles. The minimum Gasteiger partial charge on any atom is -0.368 e. The van der Waals surface area contributed by atoms with Crippen LogP contribution in [-0.2, 0) is 41.6 Å². The number of amides is 6. The van der Waals surface area contributed by atoms with E-state index in [9.17, 15) is 28.8 Å². The first-order valence-corrected chi connectivity index (χ1v) is 19.9. The van der Waals surface area contributed by atoms with Crippen molar-refractivity contribution in [3.8, 4) is 0 Å². The summed E-state index contributed by atoms with van der Waals surface area (Å²) in [5.74, 6) is -2.67. The van der Waals surface area contributed by atoms with E-state index in [1.807, 2.05) is 60.7 Å². The summed E-state index contributed by atoms with van der Waals surface area (Å²) in [5, 5.41) is 11.1. The molecule has 0 bridgehead atoms. The largest absolute Gasteiger partial charge is 0.368 e. The number of unbranched alkanes of at least 4 members (excludes halogenated alkanes) is 6. The van der Waals surface area contributed by atoms with Crippen molar-refractivity contribution in [3.63, 3.8) is 0 Å². The third kappa shape index (κ3) is 20.6. The number of benzene rings is 2. The zero-order chi connectivity index (χ0) is 41.0. The van der Waals surface area contributed by atoms with Crippen LogP contribution in [0.4, 0.5) is 0 Å². The van der Waals surface area contributed by atoms with E-state index in [2.05, 4.69) is 33.4 Å². The van der Waals surface area contributed by atoms with Crippen LogP contribution in [0.25, 0.3) is 0 Å². The molecular formula is C42H64N8O6. The van der Waals surface area contributed by atoms with Gasteiger partial charge in [0.2, 0.25) is 35.4 Å². The molecule has 2 aromatic carbocycles. The lowest BCUT2D eigenvalue weighted by Gasteiger charge is -2.22. The molecule has 56 heavy (non-hydrogen) atoms. The van der Waals surface area contributed by atoms with E-state index in [0.717, 1.165) is 36.8 Å². The smallest absolute Gasteiger partial charge is 0.243 e. The van der Waals surface area contributed by atoms with Gasteiger partial charge in [-0.15, -0.1) is 0 Å². The van der Waals surface area contributed by atoms with Gasteiger partial charge in [0.05, 0.1) is 0 Å². The molecule has 0 saturated carbocycles. The van der Waals surface area contributed by atoms with Gasteiger partial charge in [-0.2, -0.15) is 0 Å². The maximum absolute atomic E-state index is 13.2. The molecule has 0 aromatic heterocycles. The highest BCUT2D eigenvalue weighted by Crippen LogP contribution is 2.10. The maximum atomic E-state index is 13.2. The average Bonchev–Trinajstić information content (AvgIpc) is 3.18. The van der Waals surface area contributed by atoms with Crippen LogP contribution in [0.15, 0.2) is 72.8 Å². The first-order chi connectivity index (χ1) is 27.0. The quantitative estimate of drug-likeness (QED) is 0.0431. The molecule has 2 rings (SSSR count). The van der Waals surface area contributed by atoms with Gasteiger partial charge in [-0.1, -0.05) is 72.8 Å². The molecule has 0 unspecified atom stereocenters. The molecule has 14 nitrogen and oxygen atoms in total. The molecule has 0 aliphatic carbocycles. The van der Waals surface area contributed by atoms with E-state index in [-0.39, 0.29) is 37.5 Å². The number of carbonyl (C=O) groups excluding carboxylic acids is 6. The second-order valence-corrected chi connectivity index (χ2v) is 14.1. The van der Waals surface area contributed by atoms with Gasteiger partial charge in [0.25, 0.3) is 0 Å².